The van der Waals surface area contributed by atoms with E-state index in [1.54, 1.807) is 6.92 Å². The van der Waals surface area contributed by atoms with Crippen LogP contribution in [0.3, 0.4) is 0 Å². The van der Waals surface area contributed by atoms with Crippen LogP contribution in [0.4, 0.5) is 0 Å². The second kappa shape index (κ2) is 8.48. The van der Waals surface area contributed by atoms with Gasteiger partial charge in [0.15, 0.2) is 0 Å². The van der Waals surface area contributed by atoms with Crippen molar-refractivity contribution in [1.29, 1.82) is 0 Å². The summed E-state index contributed by atoms with van der Waals surface area (Å²) < 4.78 is 4.90. The second-order valence-electron chi connectivity index (χ2n) is 6.35. The van der Waals surface area contributed by atoms with E-state index in [4.69, 9.17) is 4.74 Å². The summed E-state index contributed by atoms with van der Waals surface area (Å²) in [5.74, 6) is -0.300. The number of carbonyl (C=O) groups is 1. The van der Waals surface area contributed by atoms with Crippen molar-refractivity contribution in [1.82, 2.24) is 0 Å². The molecule has 0 saturated carbocycles. The number of hydrogen-bond acceptors (Lipinski definition) is 2. The lowest BCUT2D eigenvalue weighted by molar-refractivity contribution is -0.137. The summed E-state index contributed by atoms with van der Waals surface area (Å²) in [6.45, 7) is 10.5. The average Bonchev–Trinajstić information content (AvgIpc) is 2.55. The Morgan fingerprint density at radius 1 is 1.04 bits per heavy atom. The highest BCUT2D eigenvalue weighted by Gasteiger charge is 2.01. The van der Waals surface area contributed by atoms with Crippen LogP contribution in [0.5, 0.6) is 0 Å². The average molecular weight is 334 g/mol. The smallest absolute Gasteiger partial charge is 0.330 e. The summed E-state index contributed by atoms with van der Waals surface area (Å²) in [7, 11) is 0. The maximum absolute atomic E-state index is 11.4. The van der Waals surface area contributed by atoms with Gasteiger partial charge in [0.25, 0.3) is 0 Å². The molecule has 0 radical (unpaired) electrons. The number of fused-ring (bicyclic) bond motifs is 1. The van der Waals surface area contributed by atoms with E-state index in [0.717, 1.165) is 5.57 Å². The van der Waals surface area contributed by atoms with E-state index in [9.17, 15) is 4.79 Å². The maximum Gasteiger partial charge on any atom is 0.330 e. The SMILES string of the molecule is CCOC(=O)/C=C(C)/C=C/C=C(\C)c1ccc2cc(C)c(C)cc2c1. The van der Waals surface area contributed by atoms with Crippen molar-refractivity contribution in [2.24, 2.45) is 0 Å². The quantitative estimate of drug-likeness (QED) is 0.385. The molecule has 2 aromatic carbocycles. The van der Waals surface area contributed by atoms with Gasteiger partial charge in [-0.25, -0.2) is 4.79 Å². The summed E-state index contributed by atoms with van der Waals surface area (Å²) in [6, 6.07) is 11.0. The molecule has 2 heteroatoms. The second-order valence-corrected chi connectivity index (χ2v) is 6.35. The molecule has 2 rings (SSSR count). The fraction of sp³-hybridized carbons (Fsp3) is 0.261. The number of esters is 1. The third kappa shape index (κ3) is 5.18. The zero-order valence-corrected chi connectivity index (χ0v) is 15.7. The van der Waals surface area contributed by atoms with Gasteiger partial charge in [-0.2, -0.15) is 0 Å². The monoisotopic (exact) mass is 334 g/mol. The third-order valence-electron chi connectivity index (χ3n) is 4.25. The van der Waals surface area contributed by atoms with Crippen LogP contribution in [-0.4, -0.2) is 12.6 Å². The Bertz CT molecular complexity index is 867. The van der Waals surface area contributed by atoms with Gasteiger partial charge < -0.3 is 4.74 Å². The van der Waals surface area contributed by atoms with E-state index >= 15 is 0 Å². The van der Waals surface area contributed by atoms with Crippen LogP contribution in [0, 0.1) is 13.8 Å². The molecule has 0 N–H and O–H groups in total. The molecule has 0 amide bonds. The number of rotatable bonds is 5. The Labute approximate surface area is 150 Å². The zero-order valence-electron chi connectivity index (χ0n) is 15.7. The van der Waals surface area contributed by atoms with E-state index in [1.165, 1.54) is 39.1 Å². The number of allylic oxidation sites excluding steroid dienone is 5. The highest BCUT2D eigenvalue weighted by Crippen LogP contribution is 2.24. The predicted octanol–water partition coefficient (Wildman–Crippen LogP) is 5.93. The molecule has 25 heavy (non-hydrogen) atoms. The van der Waals surface area contributed by atoms with Crippen LogP contribution in [0.15, 0.2) is 60.2 Å². The van der Waals surface area contributed by atoms with Crippen LogP contribution in [-0.2, 0) is 9.53 Å². The maximum atomic E-state index is 11.4. The number of hydrogen-bond donors (Lipinski definition) is 0. The summed E-state index contributed by atoms with van der Waals surface area (Å²) in [5.41, 5.74) is 5.88. The first-order chi connectivity index (χ1) is 11.9. The van der Waals surface area contributed by atoms with Crippen LogP contribution in [0.2, 0.25) is 0 Å². The molecular formula is C23H26O2. The van der Waals surface area contributed by atoms with Crippen molar-refractivity contribution in [2.75, 3.05) is 6.61 Å². The van der Waals surface area contributed by atoms with Crippen LogP contribution in [0.1, 0.15) is 37.5 Å². The minimum absolute atomic E-state index is 0.300. The Morgan fingerprint density at radius 3 is 2.40 bits per heavy atom. The Hall–Kier alpha value is -2.61. The largest absolute Gasteiger partial charge is 0.463 e. The summed E-state index contributed by atoms with van der Waals surface area (Å²) in [5, 5.41) is 2.53. The van der Waals surface area contributed by atoms with Gasteiger partial charge in [0, 0.05) is 6.08 Å². The Kier molecular flexibility index (Phi) is 6.35. The summed E-state index contributed by atoms with van der Waals surface area (Å²) in [4.78, 5) is 11.4. The standard InChI is InChI=1S/C23H26O2/c1-6-25-23(24)12-16(2)8-7-9-17(3)20-10-11-21-13-18(4)19(5)14-22(21)15-20/h7-15H,6H2,1-5H3/b8-7+,16-12+,17-9+. The van der Waals surface area contributed by atoms with Crippen molar-refractivity contribution in [3.63, 3.8) is 0 Å². The fourth-order valence-electron chi connectivity index (χ4n) is 2.63. The molecule has 0 aromatic heterocycles. The molecule has 0 aliphatic rings. The molecule has 2 aromatic rings. The molecular weight excluding hydrogens is 308 g/mol. The normalized spacial score (nSPS) is 12.8. The van der Waals surface area contributed by atoms with Gasteiger partial charge in [-0.05, 0) is 79.3 Å². The molecule has 0 bridgehead atoms. The molecule has 130 valence electrons. The first-order valence-corrected chi connectivity index (χ1v) is 8.62. The highest BCUT2D eigenvalue weighted by molar-refractivity contribution is 5.87. The van der Waals surface area contributed by atoms with Gasteiger partial charge in [0.2, 0.25) is 0 Å². The molecule has 0 atom stereocenters. The van der Waals surface area contributed by atoms with E-state index < -0.39 is 0 Å². The zero-order chi connectivity index (χ0) is 18.4. The van der Waals surface area contributed by atoms with E-state index in [-0.39, 0.29) is 5.97 Å². The molecule has 0 fully saturated rings. The van der Waals surface area contributed by atoms with E-state index in [1.807, 2.05) is 19.1 Å². The van der Waals surface area contributed by atoms with Crippen LogP contribution < -0.4 is 0 Å². The van der Waals surface area contributed by atoms with Crippen molar-refractivity contribution >= 4 is 22.3 Å². The van der Waals surface area contributed by atoms with E-state index in [2.05, 4.69) is 57.2 Å². The fourth-order valence-corrected chi connectivity index (χ4v) is 2.63. The Morgan fingerprint density at radius 2 is 1.72 bits per heavy atom. The molecule has 2 nitrogen and oxygen atoms in total. The first kappa shape index (κ1) is 18.7. The van der Waals surface area contributed by atoms with Gasteiger partial charge in [-0.15, -0.1) is 0 Å². The van der Waals surface area contributed by atoms with Gasteiger partial charge >= 0.3 is 5.97 Å². The topological polar surface area (TPSA) is 26.3 Å². The lowest BCUT2D eigenvalue weighted by Crippen LogP contribution is -1.99. The van der Waals surface area contributed by atoms with Crippen molar-refractivity contribution < 1.29 is 9.53 Å². The molecule has 0 spiro atoms. The molecule has 0 aliphatic carbocycles. The van der Waals surface area contributed by atoms with Crippen LogP contribution >= 0.6 is 0 Å². The molecule has 0 aliphatic heterocycles. The lowest BCUT2D eigenvalue weighted by atomic mass is 9.98. The van der Waals surface area contributed by atoms with Crippen LogP contribution in [0.25, 0.3) is 16.3 Å². The summed E-state index contributed by atoms with van der Waals surface area (Å²) >= 11 is 0. The Balaban J connectivity index is 2.19. The van der Waals surface area contributed by atoms with Gasteiger partial charge in [-0.3, -0.25) is 0 Å². The third-order valence-corrected chi connectivity index (χ3v) is 4.25. The van der Waals surface area contributed by atoms with E-state index in [0.29, 0.717) is 6.61 Å². The van der Waals surface area contributed by atoms with Gasteiger partial charge in [0.1, 0.15) is 0 Å². The number of carbonyl (C=O) groups excluding carboxylic acids is 1. The molecule has 0 saturated heterocycles. The minimum Gasteiger partial charge on any atom is -0.463 e. The van der Waals surface area contributed by atoms with Crippen molar-refractivity contribution in [3.8, 4) is 0 Å². The number of ether oxygens (including phenoxy) is 1. The highest BCUT2D eigenvalue weighted by atomic mass is 16.5. The number of aryl methyl sites for hydroxylation is 2. The number of benzene rings is 2. The summed E-state index contributed by atoms with van der Waals surface area (Å²) in [6.07, 6.45) is 7.44. The lowest BCUT2D eigenvalue weighted by Gasteiger charge is -2.07. The minimum atomic E-state index is -0.300. The molecule has 0 heterocycles. The first-order valence-electron chi connectivity index (χ1n) is 8.62. The van der Waals surface area contributed by atoms with Crippen molar-refractivity contribution in [3.05, 3.63) is 76.9 Å². The van der Waals surface area contributed by atoms with Crippen molar-refractivity contribution in [2.45, 2.75) is 34.6 Å². The predicted molar refractivity (Wildman–Crippen MR) is 107 cm³/mol. The van der Waals surface area contributed by atoms with Gasteiger partial charge in [0.05, 0.1) is 6.61 Å². The van der Waals surface area contributed by atoms with Gasteiger partial charge in [-0.1, -0.05) is 42.5 Å². The molecule has 0 unspecified atom stereocenters.